The molecular formula is C15H14O2. The molecule has 0 fully saturated rings. The van der Waals surface area contributed by atoms with E-state index in [0.29, 0.717) is 11.8 Å². The van der Waals surface area contributed by atoms with Crippen molar-refractivity contribution in [2.45, 2.75) is 13.8 Å². The van der Waals surface area contributed by atoms with Crippen molar-refractivity contribution in [3.8, 4) is 16.9 Å². The highest BCUT2D eigenvalue weighted by atomic mass is 16.3. The molecule has 2 aromatic rings. The molecule has 0 unspecified atom stereocenters. The molecule has 86 valence electrons. The van der Waals surface area contributed by atoms with Crippen molar-refractivity contribution in [1.29, 1.82) is 0 Å². The lowest BCUT2D eigenvalue weighted by Crippen LogP contribution is -1.86. The molecule has 0 atom stereocenters. The molecule has 0 saturated carbocycles. The minimum atomic E-state index is 0.0238. The molecule has 2 nitrogen and oxygen atoms in total. The van der Waals surface area contributed by atoms with Crippen molar-refractivity contribution >= 4 is 6.29 Å². The lowest BCUT2D eigenvalue weighted by atomic mass is 9.99. The van der Waals surface area contributed by atoms with Crippen molar-refractivity contribution in [3.05, 3.63) is 53.1 Å². The molecule has 2 rings (SSSR count). The fourth-order valence-corrected chi connectivity index (χ4v) is 1.74. The van der Waals surface area contributed by atoms with E-state index in [2.05, 4.69) is 26.0 Å². The number of aldehydes is 1. The lowest BCUT2D eigenvalue weighted by Gasteiger charge is -2.07. The Hall–Kier alpha value is -2.09. The smallest absolute Gasteiger partial charge is 0.153 e. The second kappa shape index (κ2) is 4.42. The van der Waals surface area contributed by atoms with Crippen LogP contribution in [0.2, 0.25) is 0 Å². The van der Waals surface area contributed by atoms with Crippen LogP contribution in [0.4, 0.5) is 0 Å². The van der Waals surface area contributed by atoms with Gasteiger partial charge >= 0.3 is 0 Å². The molecule has 2 aromatic carbocycles. The zero-order valence-electron chi connectivity index (χ0n) is 9.90. The van der Waals surface area contributed by atoms with Gasteiger partial charge in [0.1, 0.15) is 5.75 Å². The van der Waals surface area contributed by atoms with Crippen LogP contribution >= 0.6 is 0 Å². The van der Waals surface area contributed by atoms with Crippen LogP contribution in [0, 0.1) is 13.8 Å². The van der Waals surface area contributed by atoms with E-state index in [1.807, 2.05) is 12.1 Å². The van der Waals surface area contributed by atoms with E-state index in [0.717, 1.165) is 11.1 Å². The summed E-state index contributed by atoms with van der Waals surface area (Å²) in [6.07, 6.45) is 0.652. The van der Waals surface area contributed by atoms with Crippen LogP contribution in [0.5, 0.6) is 5.75 Å². The maximum absolute atomic E-state index is 10.6. The van der Waals surface area contributed by atoms with Crippen LogP contribution in [-0.4, -0.2) is 11.4 Å². The van der Waals surface area contributed by atoms with Gasteiger partial charge in [0.2, 0.25) is 0 Å². The number of hydrogen-bond donors (Lipinski definition) is 1. The van der Waals surface area contributed by atoms with E-state index in [1.54, 1.807) is 12.1 Å². The Bertz CT molecular complexity index is 571. The van der Waals surface area contributed by atoms with Crippen molar-refractivity contribution in [1.82, 2.24) is 0 Å². The average molecular weight is 226 g/mol. The number of carbonyl (C=O) groups is 1. The minimum absolute atomic E-state index is 0.0238. The predicted molar refractivity (Wildman–Crippen MR) is 68.4 cm³/mol. The highest BCUT2D eigenvalue weighted by molar-refractivity contribution is 5.81. The maximum Gasteiger partial charge on any atom is 0.153 e. The minimum Gasteiger partial charge on any atom is -0.507 e. The molecule has 0 aliphatic heterocycles. The zero-order chi connectivity index (χ0) is 12.4. The lowest BCUT2D eigenvalue weighted by molar-refractivity contribution is 0.112. The largest absolute Gasteiger partial charge is 0.507 e. The van der Waals surface area contributed by atoms with E-state index >= 15 is 0 Å². The Morgan fingerprint density at radius 3 is 2.18 bits per heavy atom. The van der Waals surface area contributed by atoms with Gasteiger partial charge in [-0.1, -0.05) is 24.3 Å². The van der Waals surface area contributed by atoms with Crippen molar-refractivity contribution in [3.63, 3.8) is 0 Å². The molecule has 0 amide bonds. The van der Waals surface area contributed by atoms with Crippen LogP contribution in [0.25, 0.3) is 11.1 Å². The van der Waals surface area contributed by atoms with Crippen LogP contribution in [-0.2, 0) is 0 Å². The normalized spacial score (nSPS) is 10.2. The van der Waals surface area contributed by atoms with Crippen LogP contribution in [0.1, 0.15) is 21.5 Å². The molecule has 0 aliphatic rings. The standard InChI is InChI=1S/C15H14O2/c1-10-3-4-12(7-11(10)2)13-5-6-14(9-16)15(17)8-13/h3-9,17H,1-2H3. The first-order valence-corrected chi connectivity index (χ1v) is 5.47. The summed E-state index contributed by atoms with van der Waals surface area (Å²) in [5.41, 5.74) is 4.72. The average Bonchev–Trinajstić information content (AvgIpc) is 2.32. The number of carbonyl (C=O) groups excluding carboxylic acids is 1. The van der Waals surface area contributed by atoms with Crippen LogP contribution in [0.3, 0.4) is 0 Å². The summed E-state index contributed by atoms with van der Waals surface area (Å²) in [4.78, 5) is 10.6. The van der Waals surface area contributed by atoms with Gasteiger partial charge in [-0.15, -0.1) is 0 Å². The van der Waals surface area contributed by atoms with Crippen LogP contribution < -0.4 is 0 Å². The third-order valence-corrected chi connectivity index (χ3v) is 3.00. The molecule has 0 spiro atoms. The van der Waals surface area contributed by atoms with Gasteiger partial charge in [0.25, 0.3) is 0 Å². The first kappa shape index (κ1) is 11.4. The number of aryl methyl sites for hydroxylation is 2. The second-order valence-corrected chi connectivity index (χ2v) is 4.19. The fourth-order valence-electron chi connectivity index (χ4n) is 1.74. The molecule has 2 heteroatoms. The topological polar surface area (TPSA) is 37.3 Å². The Balaban J connectivity index is 2.49. The maximum atomic E-state index is 10.6. The molecule has 0 saturated heterocycles. The number of aromatic hydroxyl groups is 1. The van der Waals surface area contributed by atoms with Gasteiger partial charge in [-0.05, 0) is 48.2 Å². The van der Waals surface area contributed by atoms with E-state index in [1.165, 1.54) is 11.1 Å². The molecule has 0 bridgehead atoms. The summed E-state index contributed by atoms with van der Waals surface area (Å²) >= 11 is 0. The number of hydrogen-bond acceptors (Lipinski definition) is 2. The summed E-state index contributed by atoms with van der Waals surface area (Å²) in [5, 5.41) is 9.65. The van der Waals surface area contributed by atoms with Gasteiger partial charge in [-0.3, -0.25) is 4.79 Å². The van der Waals surface area contributed by atoms with Crippen molar-refractivity contribution < 1.29 is 9.90 Å². The second-order valence-electron chi connectivity index (χ2n) is 4.19. The van der Waals surface area contributed by atoms with Gasteiger partial charge < -0.3 is 5.11 Å². The monoisotopic (exact) mass is 226 g/mol. The third-order valence-electron chi connectivity index (χ3n) is 3.00. The van der Waals surface area contributed by atoms with E-state index in [4.69, 9.17) is 0 Å². The van der Waals surface area contributed by atoms with E-state index in [-0.39, 0.29) is 5.75 Å². The Labute approximate surface area is 101 Å². The van der Waals surface area contributed by atoms with Crippen molar-refractivity contribution in [2.24, 2.45) is 0 Å². The fraction of sp³-hybridized carbons (Fsp3) is 0.133. The number of benzene rings is 2. The van der Waals surface area contributed by atoms with Gasteiger partial charge in [-0.2, -0.15) is 0 Å². The van der Waals surface area contributed by atoms with Crippen LogP contribution in [0.15, 0.2) is 36.4 Å². The number of phenolic OH excluding ortho intramolecular Hbond substituents is 1. The summed E-state index contributed by atoms with van der Waals surface area (Å²) < 4.78 is 0. The van der Waals surface area contributed by atoms with Crippen molar-refractivity contribution in [2.75, 3.05) is 0 Å². The molecular weight excluding hydrogens is 212 g/mol. The molecule has 0 radical (unpaired) electrons. The first-order chi connectivity index (χ1) is 8.11. The highest BCUT2D eigenvalue weighted by Gasteiger charge is 2.04. The van der Waals surface area contributed by atoms with E-state index < -0.39 is 0 Å². The summed E-state index contributed by atoms with van der Waals surface area (Å²) in [6.45, 7) is 4.12. The summed E-state index contributed by atoms with van der Waals surface area (Å²) in [5.74, 6) is 0.0238. The SMILES string of the molecule is Cc1ccc(-c2ccc(C=O)c(O)c2)cc1C. The Morgan fingerprint density at radius 2 is 1.59 bits per heavy atom. The Morgan fingerprint density at radius 1 is 0.941 bits per heavy atom. The van der Waals surface area contributed by atoms with Gasteiger partial charge in [0.15, 0.2) is 6.29 Å². The molecule has 0 heterocycles. The molecule has 0 aromatic heterocycles. The highest BCUT2D eigenvalue weighted by Crippen LogP contribution is 2.27. The third kappa shape index (κ3) is 2.21. The number of phenols is 1. The molecule has 1 N–H and O–H groups in total. The molecule has 17 heavy (non-hydrogen) atoms. The number of rotatable bonds is 2. The van der Waals surface area contributed by atoms with E-state index in [9.17, 15) is 9.90 Å². The summed E-state index contributed by atoms with van der Waals surface area (Å²) in [6, 6.07) is 11.2. The Kier molecular flexibility index (Phi) is 2.96. The van der Waals surface area contributed by atoms with Gasteiger partial charge in [-0.25, -0.2) is 0 Å². The van der Waals surface area contributed by atoms with Gasteiger partial charge in [0.05, 0.1) is 5.56 Å². The quantitative estimate of drug-likeness (QED) is 0.796. The predicted octanol–water partition coefficient (Wildman–Crippen LogP) is 3.49. The first-order valence-electron chi connectivity index (χ1n) is 5.47. The molecule has 0 aliphatic carbocycles. The summed E-state index contributed by atoms with van der Waals surface area (Å²) in [7, 11) is 0. The van der Waals surface area contributed by atoms with Gasteiger partial charge in [0, 0.05) is 0 Å². The zero-order valence-corrected chi connectivity index (χ0v) is 9.90.